The molecule has 1 aromatic heterocycles. The van der Waals surface area contributed by atoms with Gasteiger partial charge in [0, 0.05) is 6.54 Å². The summed E-state index contributed by atoms with van der Waals surface area (Å²) >= 11 is 0. The van der Waals surface area contributed by atoms with E-state index in [-0.39, 0.29) is 6.10 Å². The van der Waals surface area contributed by atoms with E-state index in [1.54, 1.807) is 4.68 Å². The second-order valence-corrected chi connectivity index (χ2v) is 3.15. The van der Waals surface area contributed by atoms with Gasteiger partial charge in [-0.05, 0) is 26.2 Å². The Morgan fingerprint density at radius 3 is 3.25 bits per heavy atom. The predicted molar refractivity (Wildman–Crippen MR) is 43.6 cm³/mol. The van der Waals surface area contributed by atoms with Crippen LogP contribution in [0.1, 0.15) is 37.3 Å². The number of hydrogen-bond donors (Lipinski definition) is 1. The van der Waals surface area contributed by atoms with Crippen molar-refractivity contribution in [1.29, 1.82) is 0 Å². The fraction of sp³-hybridized carbons (Fsp3) is 0.750. The van der Waals surface area contributed by atoms with Gasteiger partial charge in [-0.3, -0.25) is 0 Å². The number of hydrogen-bond acceptors (Lipinski definition) is 3. The minimum Gasteiger partial charge on any atom is -0.387 e. The van der Waals surface area contributed by atoms with Crippen molar-refractivity contribution in [3.05, 3.63) is 11.4 Å². The van der Waals surface area contributed by atoms with E-state index in [0.29, 0.717) is 0 Å². The lowest BCUT2D eigenvalue weighted by Crippen LogP contribution is -2.13. The van der Waals surface area contributed by atoms with Crippen molar-refractivity contribution in [2.75, 3.05) is 0 Å². The first-order valence-electron chi connectivity index (χ1n) is 4.43. The van der Waals surface area contributed by atoms with Gasteiger partial charge >= 0.3 is 0 Å². The summed E-state index contributed by atoms with van der Waals surface area (Å²) in [5.74, 6) is 0. The number of aryl methyl sites for hydroxylation is 2. The molecule has 2 rings (SSSR count). The van der Waals surface area contributed by atoms with E-state index in [0.717, 1.165) is 37.2 Å². The van der Waals surface area contributed by atoms with E-state index in [4.69, 9.17) is 0 Å². The van der Waals surface area contributed by atoms with Crippen LogP contribution in [0.25, 0.3) is 0 Å². The smallest absolute Gasteiger partial charge is 0.0976 e. The molecule has 0 saturated carbocycles. The maximum Gasteiger partial charge on any atom is 0.0976 e. The fourth-order valence-corrected chi connectivity index (χ4v) is 1.73. The molecule has 1 N–H and O–H groups in total. The highest BCUT2D eigenvalue weighted by Gasteiger charge is 2.23. The Labute approximate surface area is 71.2 Å². The summed E-state index contributed by atoms with van der Waals surface area (Å²) in [7, 11) is 0. The van der Waals surface area contributed by atoms with Crippen LogP contribution in [0.15, 0.2) is 0 Å². The highest BCUT2D eigenvalue weighted by atomic mass is 16.3. The van der Waals surface area contributed by atoms with Crippen LogP contribution < -0.4 is 0 Å². The van der Waals surface area contributed by atoms with Crippen LogP contribution in [0.4, 0.5) is 0 Å². The van der Waals surface area contributed by atoms with Crippen molar-refractivity contribution in [1.82, 2.24) is 15.0 Å². The zero-order chi connectivity index (χ0) is 8.55. The maximum atomic E-state index is 9.66. The number of aromatic nitrogens is 3. The monoisotopic (exact) mass is 167 g/mol. The Balaban J connectivity index is 2.43. The SMILES string of the molecule is CCn1nnc2c1C(O)CCC2. The van der Waals surface area contributed by atoms with Gasteiger partial charge in [-0.15, -0.1) is 5.10 Å². The lowest BCUT2D eigenvalue weighted by atomic mass is 9.98. The van der Waals surface area contributed by atoms with Crippen molar-refractivity contribution >= 4 is 0 Å². The molecule has 0 fully saturated rings. The standard InChI is InChI=1S/C8H13N3O/c1-2-11-8-6(9-10-11)4-3-5-7(8)12/h7,12H,2-5H2,1H3. The van der Waals surface area contributed by atoms with E-state index in [1.165, 1.54) is 0 Å². The van der Waals surface area contributed by atoms with Crippen LogP contribution in [0.2, 0.25) is 0 Å². The summed E-state index contributed by atoms with van der Waals surface area (Å²) in [5, 5.41) is 17.7. The topological polar surface area (TPSA) is 50.9 Å². The van der Waals surface area contributed by atoms with Crippen molar-refractivity contribution in [3.8, 4) is 0 Å². The lowest BCUT2D eigenvalue weighted by Gasteiger charge is -2.17. The van der Waals surface area contributed by atoms with Crippen molar-refractivity contribution in [2.45, 2.75) is 38.8 Å². The summed E-state index contributed by atoms with van der Waals surface area (Å²) in [6.45, 7) is 2.80. The first-order chi connectivity index (χ1) is 5.83. The van der Waals surface area contributed by atoms with E-state index < -0.39 is 0 Å². The largest absolute Gasteiger partial charge is 0.387 e. The van der Waals surface area contributed by atoms with Gasteiger partial charge in [-0.25, -0.2) is 4.68 Å². The van der Waals surface area contributed by atoms with E-state index >= 15 is 0 Å². The van der Waals surface area contributed by atoms with Crippen LogP contribution in [-0.2, 0) is 13.0 Å². The second kappa shape index (κ2) is 2.86. The number of nitrogens with zero attached hydrogens (tertiary/aromatic N) is 3. The van der Waals surface area contributed by atoms with Crippen LogP contribution in [0, 0.1) is 0 Å². The highest BCUT2D eigenvalue weighted by molar-refractivity contribution is 5.16. The molecule has 1 heterocycles. The molecule has 0 spiro atoms. The molecule has 4 heteroatoms. The van der Waals surface area contributed by atoms with Crippen LogP contribution in [-0.4, -0.2) is 20.1 Å². The third-order valence-electron chi connectivity index (χ3n) is 2.35. The number of fused-ring (bicyclic) bond motifs is 1. The summed E-state index contributed by atoms with van der Waals surface area (Å²) in [4.78, 5) is 0. The first-order valence-corrected chi connectivity index (χ1v) is 4.43. The molecule has 1 aliphatic carbocycles. The number of aliphatic hydroxyl groups is 1. The molecule has 0 aliphatic heterocycles. The average molecular weight is 167 g/mol. The molecule has 0 bridgehead atoms. The van der Waals surface area contributed by atoms with Crippen molar-refractivity contribution < 1.29 is 5.11 Å². The molecule has 4 nitrogen and oxygen atoms in total. The molecule has 0 radical (unpaired) electrons. The molecule has 66 valence electrons. The molecule has 1 aliphatic rings. The van der Waals surface area contributed by atoms with Gasteiger partial charge in [0.15, 0.2) is 0 Å². The summed E-state index contributed by atoms with van der Waals surface area (Å²) < 4.78 is 1.79. The third-order valence-corrected chi connectivity index (χ3v) is 2.35. The fourth-order valence-electron chi connectivity index (χ4n) is 1.73. The molecule has 0 amide bonds. The van der Waals surface area contributed by atoms with Gasteiger partial charge in [-0.1, -0.05) is 5.21 Å². The Hall–Kier alpha value is -0.900. The molecule has 1 aromatic rings. The molecule has 0 saturated heterocycles. The molecule has 0 aromatic carbocycles. The van der Waals surface area contributed by atoms with E-state index in [2.05, 4.69) is 10.3 Å². The van der Waals surface area contributed by atoms with Gasteiger partial charge in [0.05, 0.1) is 17.5 Å². The molecule has 12 heavy (non-hydrogen) atoms. The molecular weight excluding hydrogens is 154 g/mol. The van der Waals surface area contributed by atoms with E-state index in [9.17, 15) is 5.11 Å². The summed E-state index contributed by atoms with van der Waals surface area (Å²) in [6.07, 6.45) is 2.49. The minimum atomic E-state index is -0.344. The van der Waals surface area contributed by atoms with E-state index in [1.807, 2.05) is 6.92 Å². The first kappa shape index (κ1) is 7.73. The van der Waals surface area contributed by atoms with Gasteiger partial charge in [-0.2, -0.15) is 0 Å². The van der Waals surface area contributed by atoms with Crippen molar-refractivity contribution in [2.24, 2.45) is 0 Å². The van der Waals surface area contributed by atoms with Gasteiger partial charge in [0.1, 0.15) is 0 Å². The predicted octanol–water partition coefficient (Wildman–Crippen LogP) is 0.668. The Morgan fingerprint density at radius 2 is 2.50 bits per heavy atom. The zero-order valence-electron chi connectivity index (χ0n) is 7.19. The van der Waals surface area contributed by atoms with Crippen LogP contribution >= 0.6 is 0 Å². The van der Waals surface area contributed by atoms with Gasteiger partial charge in [0.25, 0.3) is 0 Å². The second-order valence-electron chi connectivity index (χ2n) is 3.15. The quantitative estimate of drug-likeness (QED) is 0.668. The molecule has 1 atom stereocenters. The summed E-state index contributed by atoms with van der Waals surface area (Å²) in [5.41, 5.74) is 1.92. The average Bonchev–Trinajstić information content (AvgIpc) is 2.49. The third kappa shape index (κ3) is 1.03. The summed E-state index contributed by atoms with van der Waals surface area (Å²) in [6, 6.07) is 0. The Kier molecular flexibility index (Phi) is 1.84. The lowest BCUT2D eigenvalue weighted by molar-refractivity contribution is 0.145. The highest BCUT2D eigenvalue weighted by Crippen LogP contribution is 2.27. The van der Waals surface area contributed by atoms with Gasteiger partial charge in [0.2, 0.25) is 0 Å². The van der Waals surface area contributed by atoms with Gasteiger partial charge < -0.3 is 5.11 Å². The normalized spacial score (nSPS) is 22.3. The maximum absolute atomic E-state index is 9.66. The Bertz CT molecular complexity index is 268. The zero-order valence-corrected chi connectivity index (χ0v) is 7.19. The molecule has 1 unspecified atom stereocenters. The van der Waals surface area contributed by atoms with Crippen LogP contribution in [0.5, 0.6) is 0 Å². The Morgan fingerprint density at radius 1 is 1.67 bits per heavy atom. The van der Waals surface area contributed by atoms with Crippen LogP contribution in [0.3, 0.4) is 0 Å². The number of rotatable bonds is 1. The molecular formula is C8H13N3O. The minimum absolute atomic E-state index is 0.344. The number of aliphatic hydroxyl groups excluding tert-OH is 1. The van der Waals surface area contributed by atoms with Crippen molar-refractivity contribution in [3.63, 3.8) is 0 Å².